The number of phenolic OH excluding ortho intramolecular Hbond substituents is 1. The molecule has 0 unspecified atom stereocenters. The summed E-state index contributed by atoms with van der Waals surface area (Å²) < 4.78 is 5.19. The molecule has 0 bridgehead atoms. The van der Waals surface area contributed by atoms with E-state index in [1.807, 2.05) is 24.3 Å². The lowest BCUT2D eigenvalue weighted by Gasteiger charge is -2.09. The van der Waals surface area contributed by atoms with Crippen molar-refractivity contribution in [1.29, 1.82) is 0 Å². The lowest BCUT2D eigenvalue weighted by atomic mass is 10.0. The van der Waals surface area contributed by atoms with Crippen LogP contribution < -0.4 is 0 Å². The molecule has 0 aliphatic rings. The molecule has 2 aromatic rings. The van der Waals surface area contributed by atoms with E-state index in [0.29, 0.717) is 10.9 Å². The molecule has 0 saturated carbocycles. The lowest BCUT2D eigenvalue weighted by Crippen LogP contribution is -2.05. The maximum absolute atomic E-state index is 11.9. The van der Waals surface area contributed by atoms with Crippen molar-refractivity contribution in [1.82, 2.24) is 0 Å². The minimum absolute atomic E-state index is 0.0706. The van der Waals surface area contributed by atoms with Crippen LogP contribution in [-0.2, 0) is 11.3 Å². The molecular weight excluding hydrogens is 288 g/mol. The highest BCUT2D eigenvalue weighted by Crippen LogP contribution is 2.23. The number of aromatic hydroxyl groups is 1. The van der Waals surface area contributed by atoms with Crippen LogP contribution in [0.25, 0.3) is 0 Å². The van der Waals surface area contributed by atoms with E-state index in [1.54, 1.807) is 0 Å². The standard InChI is InChI=1S/C17H17ClO3/c1-11(2)13-5-3-12(4-6-13)10-21-17(20)15-9-14(18)7-8-16(15)19/h3-9,11,19H,10H2,1-2H3. The molecule has 3 nitrogen and oxygen atoms in total. The van der Waals surface area contributed by atoms with Crippen molar-refractivity contribution in [3.63, 3.8) is 0 Å². The number of hydrogen-bond donors (Lipinski definition) is 1. The molecule has 1 N–H and O–H groups in total. The van der Waals surface area contributed by atoms with Crippen LogP contribution in [0.2, 0.25) is 5.02 Å². The smallest absolute Gasteiger partial charge is 0.342 e. The summed E-state index contributed by atoms with van der Waals surface area (Å²) in [6.45, 7) is 4.40. The highest BCUT2D eigenvalue weighted by Gasteiger charge is 2.13. The number of ether oxygens (including phenoxy) is 1. The van der Waals surface area contributed by atoms with E-state index in [4.69, 9.17) is 16.3 Å². The van der Waals surface area contributed by atoms with Gasteiger partial charge in [0.15, 0.2) is 0 Å². The van der Waals surface area contributed by atoms with Crippen molar-refractivity contribution in [3.8, 4) is 5.75 Å². The molecule has 2 rings (SSSR count). The molecule has 0 fully saturated rings. The van der Waals surface area contributed by atoms with E-state index in [0.717, 1.165) is 5.56 Å². The predicted molar refractivity (Wildman–Crippen MR) is 82.8 cm³/mol. The number of rotatable bonds is 4. The van der Waals surface area contributed by atoms with Gasteiger partial charge in [-0.3, -0.25) is 0 Å². The van der Waals surface area contributed by atoms with Gasteiger partial charge in [-0.15, -0.1) is 0 Å². The van der Waals surface area contributed by atoms with Gasteiger partial charge in [0, 0.05) is 5.02 Å². The topological polar surface area (TPSA) is 46.5 Å². The number of esters is 1. The summed E-state index contributed by atoms with van der Waals surface area (Å²) in [5.41, 5.74) is 2.20. The molecule has 0 amide bonds. The summed E-state index contributed by atoms with van der Waals surface area (Å²) in [5.74, 6) is -0.271. The average molecular weight is 305 g/mol. The van der Waals surface area contributed by atoms with Gasteiger partial charge >= 0.3 is 5.97 Å². The lowest BCUT2D eigenvalue weighted by molar-refractivity contribution is 0.0469. The Kier molecular flexibility index (Phi) is 4.86. The fraction of sp³-hybridized carbons (Fsp3) is 0.235. The van der Waals surface area contributed by atoms with Gasteiger partial charge in [0.2, 0.25) is 0 Å². The van der Waals surface area contributed by atoms with E-state index < -0.39 is 5.97 Å². The molecule has 2 aromatic carbocycles. The Morgan fingerprint density at radius 2 is 1.86 bits per heavy atom. The van der Waals surface area contributed by atoms with Gasteiger partial charge in [-0.05, 0) is 35.2 Å². The van der Waals surface area contributed by atoms with E-state index in [-0.39, 0.29) is 17.9 Å². The first kappa shape index (κ1) is 15.4. The molecule has 0 heterocycles. The van der Waals surface area contributed by atoms with Crippen LogP contribution >= 0.6 is 11.6 Å². The molecule has 0 aliphatic carbocycles. The molecule has 0 aliphatic heterocycles. The van der Waals surface area contributed by atoms with E-state index in [2.05, 4.69) is 13.8 Å². The number of phenols is 1. The van der Waals surface area contributed by atoms with Crippen LogP contribution in [0, 0.1) is 0 Å². The second-order valence-corrected chi connectivity index (χ2v) is 5.57. The molecule has 4 heteroatoms. The Bertz CT molecular complexity index is 633. The van der Waals surface area contributed by atoms with Gasteiger partial charge in [-0.1, -0.05) is 49.7 Å². The Morgan fingerprint density at radius 1 is 1.19 bits per heavy atom. The normalized spacial score (nSPS) is 10.7. The van der Waals surface area contributed by atoms with Crippen LogP contribution in [0.5, 0.6) is 5.75 Å². The Balaban J connectivity index is 2.02. The molecule has 0 radical (unpaired) electrons. The SMILES string of the molecule is CC(C)c1ccc(COC(=O)c2cc(Cl)ccc2O)cc1. The third-order valence-corrected chi connectivity index (χ3v) is 3.43. The number of carbonyl (C=O) groups excluding carboxylic acids is 1. The van der Waals surface area contributed by atoms with Crippen molar-refractivity contribution in [2.24, 2.45) is 0 Å². The first-order chi connectivity index (χ1) is 9.97. The number of benzene rings is 2. The fourth-order valence-electron chi connectivity index (χ4n) is 1.90. The molecule has 21 heavy (non-hydrogen) atoms. The van der Waals surface area contributed by atoms with Crippen LogP contribution in [-0.4, -0.2) is 11.1 Å². The summed E-state index contributed by atoms with van der Waals surface area (Å²) in [5, 5.41) is 10.0. The van der Waals surface area contributed by atoms with Gasteiger partial charge < -0.3 is 9.84 Å². The van der Waals surface area contributed by atoms with Gasteiger partial charge in [0.05, 0.1) is 0 Å². The number of halogens is 1. The molecule has 0 spiro atoms. The Hall–Kier alpha value is -2.00. The van der Waals surface area contributed by atoms with E-state index >= 15 is 0 Å². The Morgan fingerprint density at radius 3 is 2.48 bits per heavy atom. The molecule has 0 saturated heterocycles. The zero-order valence-corrected chi connectivity index (χ0v) is 12.7. The van der Waals surface area contributed by atoms with Gasteiger partial charge in [-0.25, -0.2) is 4.79 Å². The third-order valence-electron chi connectivity index (χ3n) is 3.19. The van der Waals surface area contributed by atoms with Crippen LogP contribution in [0.3, 0.4) is 0 Å². The van der Waals surface area contributed by atoms with Crippen molar-refractivity contribution < 1.29 is 14.6 Å². The molecule has 0 aromatic heterocycles. The minimum atomic E-state index is -0.595. The molecule has 0 atom stereocenters. The highest BCUT2D eigenvalue weighted by molar-refractivity contribution is 6.31. The predicted octanol–water partition coefficient (Wildman–Crippen LogP) is 4.53. The average Bonchev–Trinajstić information content (AvgIpc) is 2.47. The highest BCUT2D eigenvalue weighted by atomic mass is 35.5. The van der Waals surface area contributed by atoms with Crippen LogP contribution in [0.1, 0.15) is 41.3 Å². The molecular formula is C17H17ClO3. The Labute approximate surface area is 129 Å². The van der Waals surface area contributed by atoms with Crippen LogP contribution in [0.15, 0.2) is 42.5 Å². The first-order valence-electron chi connectivity index (χ1n) is 6.72. The monoisotopic (exact) mass is 304 g/mol. The zero-order chi connectivity index (χ0) is 15.4. The molecule has 110 valence electrons. The van der Waals surface area contributed by atoms with Gasteiger partial charge in [0.1, 0.15) is 17.9 Å². The summed E-state index contributed by atoms with van der Waals surface area (Å²) in [7, 11) is 0. The van der Waals surface area contributed by atoms with E-state index in [1.165, 1.54) is 23.8 Å². The zero-order valence-electron chi connectivity index (χ0n) is 12.0. The van der Waals surface area contributed by atoms with Crippen molar-refractivity contribution in [3.05, 3.63) is 64.2 Å². The quantitative estimate of drug-likeness (QED) is 0.844. The van der Waals surface area contributed by atoms with Crippen molar-refractivity contribution in [2.75, 3.05) is 0 Å². The second kappa shape index (κ2) is 6.64. The van der Waals surface area contributed by atoms with Crippen molar-refractivity contribution >= 4 is 17.6 Å². The summed E-state index contributed by atoms with van der Waals surface area (Å²) >= 11 is 5.81. The summed E-state index contributed by atoms with van der Waals surface area (Å²) in [6.07, 6.45) is 0. The van der Waals surface area contributed by atoms with Crippen molar-refractivity contribution in [2.45, 2.75) is 26.4 Å². The van der Waals surface area contributed by atoms with Gasteiger partial charge in [0.25, 0.3) is 0 Å². The minimum Gasteiger partial charge on any atom is -0.507 e. The third kappa shape index (κ3) is 3.99. The second-order valence-electron chi connectivity index (χ2n) is 5.13. The number of hydrogen-bond acceptors (Lipinski definition) is 3. The summed E-state index contributed by atoms with van der Waals surface area (Å²) in [4.78, 5) is 11.9. The maximum atomic E-state index is 11.9. The first-order valence-corrected chi connectivity index (χ1v) is 7.09. The number of carbonyl (C=O) groups is 1. The van der Waals surface area contributed by atoms with Gasteiger partial charge in [-0.2, -0.15) is 0 Å². The van der Waals surface area contributed by atoms with E-state index in [9.17, 15) is 9.90 Å². The van der Waals surface area contributed by atoms with Crippen LogP contribution in [0.4, 0.5) is 0 Å². The summed E-state index contributed by atoms with van der Waals surface area (Å²) in [6, 6.07) is 12.2. The maximum Gasteiger partial charge on any atom is 0.342 e. The fourth-order valence-corrected chi connectivity index (χ4v) is 2.07. The largest absolute Gasteiger partial charge is 0.507 e.